The third kappa shape index (κ3) is 1.94. The summed E-state index contributed by atoms with van der Waals surface area (Å²) in [7, 11) is 0. The van der Waals surface area contributed by atoms with Gasteiger partial charge in [-0.1, -0.05) is 19.1 Å². The van der Waals surface area contributed by atoms with Crippen LogP contribution >= 0.6 is 27.3 Å². The van der Waals surface area contributed by atoms with Crippen LogP contribution in [0.25, 0.3) is 21.5 Å². The van der Waals surface area contributed by atoms with Crippen molar-refractivity contribution in [2.45, 2.75) is 13.3 Å². The maximum Gasteiger partial charge on any atom is 0.0603 e. The standard InChI is InChI=1S/C14H12BrNS/c1-2-10-6-7-13(17-10)12-8-9-4-3-5-11(15)14(9)16-12/h3-8,16H,2H2,1H3. The highest BCUT2D eigenvalue weighted by Crippen LogP contribution is 2.32. The molecule has 0 atom stereocenters. The average molecular weight is 306 g/mol. The van der Waals surface area contributed by atoms with Crippen LogP contribution in [0.5, 0.6) is 0 Å². The number of H-pyrrole nitrogens is 1. The summed E-state index contributed by atoms with van der Waals surface area (Å²) in [4.78, 5) is 6.22. The maximum absolute atomic E-state index is 3.57. The Balaban J connectivity index is 2.14. The predicted octanol–water partition coefficient (Wildman–Crippen LogP) is 5.22. The molecule has 3 rings (SSSR count). The van der Waals surface area contributed by atoms with E-state index >= 15 is 0 Å². The third-order valence-corrected chi connectivity index (χ3v) is 4.80. The minimum absolute atomic E-state index is 1.11. The summed E-state index contributed by atoms with van der Waals surface area (Å²) in [5.41, 5.74) is 2.38. The van der Waals surface area contributed by atoms with Gasteiger partial charge in [-0.15, -0.1) is 11.3 Å². The number of thiophene rings is 1. The Bertz CT molecular complexity index is 666. The molecule has 0 aliphatic rings. The number of hydrogen-bond donors (Lipinski definition) is 1. The zero-order valence-corrected chi connectivity index (χ0v) is 11.9. The van der Waals surface area contributed by atoms with E-state index in [1.807, 2.05) is 11.3 Å². The summed E-state index contributed by atoms with van der Waals surface area (Å²) < 4.78 is 1.12. The Morgan fingerprint density at radius 3 is 2.82 bits per heavy atom. The summed E-state index contributed by atoms with van der Waals surface area (Å²) in [5.74, 6) is 0. The van der Waals surface area contributed by atoms with Gasteiger partial charge in [0.25, 0.3) is 0 Å². The van der Waals surface area contributed by atoms with E-state index < -0.39 is 0 Å². The zero-order chi connectivity index (χ0) is 11.8. The molecule has 86 valence electrons. The molecule has 0 radical (unpaired) electrons. The Labute approximate surface area is 113 Å². The van der Waals surface area contributed by atoms with Crippen LogP contribution in [0.4, 0.5) is 0 Å². The normalized spacial score (nSPS) is 11.2. The van der Waals surface area contributed by atoms with Gasteiger partial charge in [0.1, 0.15) is 0 Å². The number of aryl methyl sites for hydroxylation is 1. The SMILES string of the molecule is CCc1ccc(-c2cc3cccc(Br)c3[nH]2)s1. The molecule has 3 aromatic rings. The quantitative estimate of drug-likeness (QED) is 0.668. The van der Waals surface area contributed by atoms with Gasteiger partial charge >= 0.3 is 0 Å². The molecular weight excluding hydrogens is 294 g/mol. The predicted molar refractivity (Wildman–Crippen MR) is 78.7 cm³/mol. The molecular formula is C14H12BrNS. The van der Waals surface area contributed by atoms with Crippen LogP contribution in [0.2, 0.25) is 0 Å². The van der Waals surface area contributed by atoms with Crippen LogP contribution in [0, 0.1) is 0 Å². The van der Waals surface area contributed by atoms with Crippen LogP contribution < -0.4 is 0 Å². The van der Waals surface area contributed by atoms with Crippen molar-refractivity contribution in [3.05, 3.63) is 45.7 Å². The molecule has 0 aliphatic carbocycles. The van der Waals surface area contributed by atoms with Crippen molar-refractivity contribution in [2.24, 2.45) is 0 Å². The van der Waals surface area contributed by atoms with Gasteiger partial charge in [-0.25, -0.2) is 0 Å². The summed E-state index contributed by atoms with van der Waals surface area (Å²) >= 11 is 5.43. The molecule has 2 aromatic heterocycles. The largest absolute Gasteiger partial charge is 0.353 e. The first-order valence-corrected chi connectivity index (χ1v) is 7.25. The van der Waals surface area contributed by atoms with Crippen LogP contribution in [0.15, 0.2) is 40.9 Å². The molecule has 0 fully saturated rings. The fourth-order valence-electron chi connectivity index (χ4n) is 1.96. The number of aromatic amines is 1. The van der Waals surface area contributed by atoms with E-state index in [-0.39, 0.29) is 0 Å². The Kier molecular flexibility index (Phi) is 2.81. The number of hydrogen-bond acceptors (Lipinski definition) is 1. The van der Waals surface area contributed by atoms with Gasteiger partial charge in [0.05, 0.1) is 16.1 Å². The number of nitrogens with one attached hydrogen (secondary N) is 1. The van der Waals surface area contributed by atoms with Gasteiger partial charge in [-0.3, -0.25) is 0 Å². The van der Waals surface area contributed by atoms with E-state index in [0.717, 1.165) is 10.9 Å². The van der Waals surface area contributed by atoms with E-state index in [9.17, 15) is 0 Å². The smallest absolute Gasteiger partial charge is 0.0603 e. The number of benzene rings is 1. The van der Waals surface area contributed by atoms with Gasteiger partial charge < -0.3 is 4.98 Å². The molecule has 1 aromatic carbocycles. The van der Waals surface area contributed by atoms with Gasteiger partial charge in [0, 0.05) is 14.7 Å². The molecule has 0 bridgehead atoms. The number of halogens is 1. The molecule has 1 nitrogen and oxygen atoms in total. The van der Waals surface area contributed by atoms with Crippen molar-refractivity contribution in [1.82, 2.24) is 4.98 Å². The first kappa shape index (κ1) is 11.1. The summed E-state index contributed by atoms with van der Waals surface area (Å²) in [5, 5.41) is 1.25. The molecule has 0 saturated carbocycles. The fraction of sp³-hybridized carbons (Fsp3) is 0.143. The summed E-state index contributed by atoms with van der Waals surface area (Å²) in [6.45, 7) is 2.19. The van der Waals surface area contributed by atoms with Gasteiger partial charge in [-0.2, -0.15) is 0 Å². The van der Waals surface area contributed by atoms with Crippen molar-refractivity contribution in [1.29, 1.82) is 0 Å². The van der Waals surface area contributed by atoms with Gasteiger partial charge in [0.15, 0.2) is 0 Å². The lowest BCUT2D eigenvalue weighted by molar-refractivity contribution is 1.19. The summed E-state index contributed by atoms with van der Waals surface area (Å²) in [6, 6.07) is 12.9. The van der Waals surface area contributed by atoms with Crippen LogP contribution in [0.1, 0.15) is 11.8 Å². The number of aromatic nitrogens is 1. The van der Waals surface area contributed by atoms with Gasteiger partial charge in [0.2, 0.25) is 0 Å². The number of rotatable bonds is 2. The molecule has 0 aliphatic heterocycles. The highest BCUT2D eigenvalue weighted by molar-refractivity contribution is 9.10. The topological polar surface area (TPSA) is 15.8 Å². The molecule has 0 saturated heterocycles. The second kappa shape index (κ2) is 4.31. The zero-order valence-electron chi connectivity index (χ0n) is 9.46. The van der Waals surface area contributed by atoms with Crippen molar-refractivity contribution >= 4 is 38.2 Å². The highest BCUT2D eigenvalue weighted by atomic mass is 79.9. The molecule has 3 heteroatoms. The first-order chi connectivity index (χ1) is 8.28. The van der Waals surface area contributed by atoms with Gasteiger partial charge in [-0.05, 0) is 46.6 Å². The second-order valence-corrected chi connectivity index (χ2v) is 6.03. The molecule has 0 unspecified atom stereocenters. The minimum Gasteiger partial charge on any atom is -0.353 e. The van der Waals surface area contributed by atoms with E-state index in [0.29, 0.717) is 0 Å². The molecule has 1 N–H and O–H groups in total. The third-order valence-electron chi connectivity index (χ3n) is 2.88. The van der Waals surface area contributed by atoms with Crippen molar-refractivity contribution in [3.63, 3.8) is 0 Å². The van der Waals surface area contributed by atoms with Crippen molar-refractivity contribution < 1.29 is 0 Å². The monoisotopic (exact) mass is 305 g/mol. The van der Waals surface area contributed by atoms with Crippen molar-refractivity contribution in [3.8, 4) is 10.6 Å². The Morgan fingerprint density at radius 2 is 2.12 bits per heavy atom. The molecule has 0 amide bonds. The molecule has 0 spiro atoms. The Hall–Kier alpha value is -1.06. The lowest BCUT2D eigenvalue weighted by Crippen LogP contribution is -1.71. The van der Waals surface area contributed by atoms with Crippen LogP contribution in [-0.4, -0.2) is 4.98 Å². The van der Waals surface area contributed by atoms with Crippen molar-refractivity contribution in [2.75, 3.05) is 0 Å². The van der Waals surface area contributed by atoms with Crippen LogP contribution in [-0.2, 0) is 6.42 Å². The Morgan fingerprint density at radius 1 is 1.24 bits per heavy atom. The average Bonchev–Trinajstić information content (AvgIpc) is 2.95. The lowest BCUT2D eigenvalue weighted by Gasteiger charge is -1.92. The van der Waals surface area contributed by atoms with Crippen LogP contribution in [0.3, 0.4) is 0 Å². The van der Waals surface area contributed by atoms with E-state index in [1.165, 1.54) is 26.4 Å². The first-order valence-electron chi connectivity index (χ1n) is 5.64. The molecule has 17 heavy (non-hydrogen) atoms. The lowest BCUT2D eigenvalue weighted by atomic mass is 10.2. The van der Waals surface area contributed by atoms with E-state index in [1.54, 1.807) is 0 Å². The van der Waals surface area contributed by atoms with E-state index in [4.69, 9.17) is 0 Å². The number of para-hydroxylation sites is 1. The van der Waals surface area contributed by atoms with E-state index in [2.05, 4.69) is 64.2 Å². The number of fused-ring (bicyclic) bond motifs is 1. The second-order valence-electron chi connectivity index (χ2n) is 4.01. The fourth-order valence-corrected chi connectivity index (χ4v) is 3.36. The maximum atomic E-state index is 3.57. The minimum atomic E-state index is 1.11. The highest BCUT2D eigenvalue weighted by Gasteiger charge is 2.07. The molecule has 2 heterocycles. The summed E-state index contributed by atoms with van der Waals surface area (Å²) in [6.07, 6.45) is 1.11.